The molecule has 2 nitrogen and oxygen atoms in total. The van der Waals surface area contributed by atoms with Crippen LogP contribution in [0.3, 0.4) is 0 Å². The van der Waals surface area contributed by atoms with Gasteiger partial charge in [0.05, 0.1) is 5.75 Å². The standard InChI is InChI=1S/C8H14O2S/c1-8(2,3)6-4-11-5-7(9)10-6/h6H,4-5H2,1-3H3/t6-/m0/s1. The van der Waals surface area contributed by atoms with E-state index in [1.54, 1.807) is 11.8 Å². The van der Waals surface area contributed by atoms with E-state index >= 15 is 0 Å². The Balaban J connectivity index is 2.53. The monoisotopic (exact) mass is 174 g/mol. The second kappa shape index (κ2) is 3.05. The Bertz CT molecular complexity index is 160. The first-order chi connectivity index (χ1) is 5.00. The molecule has 11 heavy (non-hydrogen) atoms. The van der Waals surface area contributed by atoms with Crippen LogP contribution in [0.5, 0.6) is 0 Å². The lowest BCUT2D eigenvalue weighted by atomic mass is 9.90. The lowest BCUT2D eigenvalue weighted by Crippen LogP contribution is -2.37. The number of carbonyl (C=O) groups is 1. The third-order valence-electron chi connectivity index (χ3n) is 1.73. The third-order valence-corrected chi connectivity index (χ3v) is 2.71. The van der Waals surface area contributed by atoms with Gasteiger partial charge in [0.25, 0.3) is 0 Å². The van der Waals surface area contributed by atoms with Crippen LogP contribution in [0, 0.1) is 5.41 Å². The molecule has 1 aliphatic rings. The first-order valence-corrected chi connectivity index (χ1v) is 4.93. The van der Waals surface area contributed by atoms with Crippen LogP contribution in [0.2, 0.25) is 0 Å². The summed E-state index contributed by atoms with van der Waals surface area (Å²) in [6.07, 6.45) is 0.0914. The molecule has 1 rings (SSSR count). The average Bonchev–Trinajstić information content (AvgIpc) is 1.86. The third kappa shape index (κ3) is 2.40. The van der Waals surface area contributed by atoms with Crippen molar-refractivity contribution in [1.82, 2.24) is 0 Å². The van der Waals surface area contributed by atoms with Crippen LogP contribution in [-0.4, -0.2) is 23.6 Å². The maximum absolute atomic E-state index is 10.9. The van der Waals surface area contributed by atoms with Gasteiger partial charge in [0.1, 0.15) is 6.10 Å². The van der Waals surface area contributed by atoms with Crippen molar-refractivity contribution in [2.45, 2.75) is 26.9 Å². The Hall–Kier alpha value is -0.180. The molecule has 0 N–H and O–H groups in total. The highest BCUT2D eigenvalue weighted by molar-refractivity contribution is 8.00. The maximum atomic E-state index is 10.9. The summed E-state index contributed by atoms with van der Waals surface area (Å²) < 4.78 is 5.19. The minimum absolute atomic E-state index is 0.0684. The highest BCUT2D eigenvalue weighted by atomic mass is 32.2. The average molecular weight is 174 g/mol. The molecule has 0 bridgehead atoms. The van der Waals surface area contributed by atoms with Crippen molar-refractivity contribution in [2.24, 2.45) is 5.41 Å². The molecule has 0 aliphatic carbocycles. The fourth-order valence-electron chi connectivity index (χ4n) is 0.903. The van der Waals surface area contributed by atoms with Gasteiger partial charge in [-0.1, -0.05) is 20.8 Å². The zero-order chi connectivity index (χ0) is 8.48. The molecule has 1 saturated heterocycles. The van der Waals surface area contributed by atoms with Crippen molar-refractivity contribution in [1.29, 1.82) is 0 Å². The molecule has 1 heterocycles. The van der Waals surface area contributed by atoms with Crippen LogP contribution < -0.4 is 0 Å². The molecule has 1 fully saturated rings. The summed E-state index contributed by atoms with van der Waals surface area (Å²) in [5, 5.41) is 0. The van der Waals surface area contributed by atoms with Crippen LogP contribution in [0.15, 0.2) is 0 Å². The fourth-order valence-corrected chi connectivity index (χ4v) is 2.04. The molecule has 0 radical (unpaired) electrons. The summed E-state index contributed by atoms with van der Waals surface area (Å²) in [7, 11) is 0. The van der Waals surface area contributed by atoms with E-state index < -0.39 is 0 Å². The Kier molecular flexibility index (Phi) is 2.47. The Morgan fingerprint density at radius 3 is 2.55 bits per heavy atom. The Morgan fingerprint density at radius 1 is 1.55 bits per heavy atom. The molecule has 0 aromatic carbocycles. The molecular weight excluding hydrogens is 160 g/mol. The van der Waals surface area contributed by atoms with Crippen molar-refractivity contribution >= 4 is 17.7 Å². The van der Waals surface area contributed by atoms with Gasteiger partial charge in [0.2, 0.25) is 0 Å². The van der Waals surface area contributed by atoms with E-state index in [1.165, 1.54) is 0 Å². The molecule has 1 atom stereocenters. The Labute approximate surface area is 71.7 Å². The summed E-state index contributed by atoms with van der Waals surface area (Å²) in [6, 6.07) is 0. The van der Waals surface area contributed by atoms with Gasteiger partial charge in [-0.25, -0.2) is 0 Å². The van der Waals surface area contributed by atoms with E-state index in [-0.39, 0.29) is 17.5 Å². The predicted molar refractivity (Wildman–Crippen MR) is 46.7 cm³/mol. The van der Waals surface area contributed by atoms with Crippen molar-refractivity contribution in [3.05, 3.63) is 0 Å². The van der Waals surface area contributed by atoms with E-state index in [4.69, 9.17) is 4.74 Å². The summed E-state index contributed by atoms with van der Waals surface area (Å²) in [4.78, 5) is 10.9. The fraction of sp³-hybridized carbons (Fsp3) is 0.875. The molecular formula is C8H14O2S. The van der Waals surface area contributed by atoms with E-state index in [0.717, 1.165) is 5.75 Å². The predicted octanol–water partition coefficient (Wildman–Crippen LogP) is 1.69. The normalized spacial score (nSPS) is 26.5. The van der Waals surface area contributed by atoms with Crippen molar-refractivity contribution < 1.29 is 9.53 Å². The SMILES string of the molecule is CC(C)(C)[C@@H]1CSCC(=O)O1. The van der Waals surface area contributed by atoms with Crippen molar-refractivity contribution in [3.8, 4) is 0 Å². The maximum Gasteiger partial charge on any atom is 0.316 e. The van der Waals surface area contributed by atoms with Gasteiger partial charge >= 0.3 is 5.97 Å². The molecule has 0 spiro atoms. The number of cyclic esters (lactones) is 1. The summed E-state index contributed by atoms with van der Waals surface area (Å²) >= 11 is 1.66. The van der Waals surface area contributed by atoms with Gasteiger partial charge in [-0.15, -0.1) is 11.8 Å². The van der Waals surface area contributed by atoms with Gasteiger partial charge in [-0.05, 0) is 5.41 Å². The summed E-state index contributed by atoms with van der Waals surface area (Å²) in [5.74, 6) is 1.39. The highest BCUT2D eigenvalue weighted by Gasteiger charge is 2.31. The number of hydrogen-bond acceptors (Lipinski definition) is 3. The largest absolute Gasteiger partial charge is 0.460 e. The smallest absolute Gasteiger partial charge is 0.316 e. The number of rotatable bonds is 0. The molecule has 64 valence electrons. The van der Waals surface area contributed by atoms with Gasteiger partial charge in [0, 0.05) is 5.75 Å². The first-order valence-electron chi connectivity index (χ1n) is 3.77. The quantitative estimate of drug-likeness (QED) is 0.523. The number of hydrogen-bond donors (Lipinski definition) is 0. The van der Waals surface area contributed by atoms with Crippen molar-refractivity contribution in [2.75, 3.05) is 11.5 Å². The van der Waals surface area contributed by atoms with Crippen LogP contribution in [0.4, 0.5) is 0 Å². The summed E-state index contributed by atoms with van der Waals surface area (Å²) in [5.41, 5.74) is 0.0864. The summed E-state index contributed by atoms with van der Waals surface area (Å²) in [6.45, 7) is 6.28. The lowest BCUT2D eigenvalue weighted by molar-refractivity contribution is -0.150. The zero-order valence-electron chi connectivity index (χ0n) is 7.22. The number of thioether (sulfide) groups is 1. The molecule has 0 saturated carbocycles. The second-order valence-corrected chi connectivity index (χ2v) is 4.89. The van der Waals surface area contributed by atoms with Crippen LogP contribution in [-0.2, 0) is 9.53 Å². The van der Waals surface area contributed by atoms with E-state index in [2.05, 4.69) is 20.8 Å². The van der Waals surface area contributed by atoms with Crippen LogP contribution in [0.1, 0.15) is 20.8 Å². The van der Waals surface area contributed by atoms with Crippen molar-refractivity contribution in [3.63, 3.8) is 0 Å². The number of carbonyl (C=O) groups excluding carboxylic acids is 1. The van der Waals surface area contributed by atoms with Gasteiger partial charge in [-0.2, -0.15) is 0 Å². The Morgan fingerprint density at radius 2 is 2.18 bits per heavy atom. The van der Waals surface area contributed by atoms with Gasteiger partial charge in [-0.3, -0.25) is 4.79 Å². The van der Waals surface area contributed by atoms with Gasteiger partial charge in [0.15, 0.2) is 0 Å². The minimum atomic E-state index is -0.0684. The van der Waals surface area contributed by atoms with E-state index in [0.29, 0.717) is 5.75 Å². The molecule has 0 aromatic rings. The topological polar surface area (TPSA) is 26.3 Å². The molecule has 3 heteroatoms. The van der Waals surface area contributed by atoms with E-state index in [9.17, 15) is 4.79 Å². The number of esters is 1. The molecule has 0 aromatic heterocycles. The zero-order valence-corrected chi connectivity index (χ0v) is 8.03. The molecule has 1 aliphatic heterocycles. The molecule has 0 unspecified atom stereocenters. The molecule has 0 amide bonds. The second-order valence-electron chi connectivity index (χ2n) is 3.86. The van der Waals surface area contributed by atoms with Crippen LogP contribution in [0.25, 0.3) is 0 Å². The lowest BCUT2D eigenvalue weighted by Gasteiger charge is -2.32. The van der Waals surface area contributed by atoms with E-state index in [1.807, 2.05) is 0 Å². The van der Waals surface area contributed by atoms with Crippen LogP contribution >= 0.6 is 11.8 Å². The number of ether oxygens (including phenoxy) is 1. The minimum Gasteiger partial charge on any atom is -0.460 e. The highest BCUT2D eigenvalue weighted by Crippen LogP contribution is 2.28. The first kappa shape index (κ1) is 8.91. The van der Waals surface area contributed by atoms with Gasteiger partial charge < -0.3 is 4.74 Å².